The lowest BCUT2D eigenvalue weighted by Gasteiger charge is -2.35. The van der Waals surface area contributed by atoms with Crippen LogP contribution in [0.3, 0.4) is 0 Å². The van der Waals surface area contributed by atoms with E-state index in [0.29, 0.717) is 18.4 Å². The normalized spacial score (nSPS) is 22.3. The molecular weight excluding hydrogens is 468 g/mol. The van der Waals surface area contributed by atoms with Crippen molar-refractivity contribution in [2.24, 2.45) is 11.8 Å². The molecule has 3 unspecified atom stereocenters. The highest BCUT2D eigenvalue weighted by atomic mass is 16.5. The number of piperidine rings is 1. The maximum absolute atomic E-state index is 12.6. The summed E-state index contributed by atoms with van der Waals surface area (Å²) in [6.07, 6.45) is 8.14. The molecule has 3 atom stereocenters. The minimum absolute atomic E-state index is 0.156. The van der Waals surface area contributed by atoms with E-state index >= 15 is 0 Å². The molecule has 1 saturated heterocycles. The number of likely N-dealkylation sites (tertiary alicyclic amines) is 1. The summed E-state index contributed by atoms with van der Waals surface area (Å²) in [5.74, 6) is 1.88. The number of aryl methyl sites for hydroxylation is 1. The third-order valence-electron chi connectivity index (χ3n) is 8.58. The van der Waals surface area contributed by atoms with Gasteiger partial charge >= 0.3 is 6.09 Å². The van der Waals surface area contributed by atoms with E-state index in [2.05, 4.69) is 70.9 Å². The van der Waals surface area contributed by atoms with Crippen molar-refractivity contribution < 1.29 is 9.53 Å². The van der Waals surface area contributed by atoms with Crippen molar-refractivity contribution in [3.8, 4) is 0 Å². The molecule has 2 aliphatic rings. The highest BCUT2D eigenvalue weighted by molar-refractivity contribution is 5.67. The predicted octanol–water partition coefficient (Wildman–Crippen LogP) is 7.21. The van der Waals surface area contributed by atoms with Gasteiger partial charge in [-0.2, -0.15) is 0 Å². The lowest BCUT2D eigenvalue weighted by Crippen LogP contribution is -2.38. The highest BCUT2D eigenvalue weighted by Gasteiger charge is 2.37. The van der Waals surface area contributed by atoms with Crippen LogP contribution in [0.5, 0.6) is 0 Å². The SMILES string of the molecule is O=C(NC1CC(CN2CCC(CCCc3ccccc3)CC2)C(c2ccccc2)C1)OCc1ccccc1. The summed E-state index contributed by atoms with van der Waals surface area (Å²) in [7, 11) is 0. The number of benzene rings is 3. The summed E-state index contributed by atoms with van der Waals surface area (Å²) >= 11 is 0. The maximum atomic E-state index is 12.6. The van der Waals surface area contributed by atoms with Crippen LogP contribution in [-0.4, -0.2) is 36.7 Å². The summed E-state index contributed by atoms with van der Waals surface area (Å²) in [5.41, 5.74) is 3.87. The zero-order valence-electron chi connectivity index (χ0n) is 22.5. The molecule has 2 fully saturated rings. The molecule has 200 valence electrons. The Kier molecular flexibility index (Phi) is 9.49. The van der Waals surface area contributed by atoms with Crippen molar-refractivity contribution in [1.29, 1.82) is 0 Å². The average molecular weight is 511 g/mol. The first-order valence-electron chi connectivity index (χ1n) is 14.5. The third kappa shape index (κ3) is 7.70. The third-order valence-corrected chi connectivity index (χ3v) is 8.58. The zero-order chi connectivity index (χ0) is 26.0. The molecule has 1 saturated carbocycles. The molecule has 1 aliphatic carbocycles. The molecule has 4 heteroatoms. The number of rotatable bonds is 10. The molecule has 0 spiro atoms. The number of hydrogen-bond acceptors (Lipinski definition) is 3. The lowest BCUT2D eigenvalue weighted by atomic mass is 9.87. The Morgan fingerprint density at radius 3 is 2.13 bits per heavy atom. The summed E-state index contributed by atoms with van der Waals surface area (Å²) < 4.78 is 5.53. The molecule has 0 radical (unpaired) electrons. The Morgan fingerprint density at radius 1 is 0.816 bits per heavy atom. The monoisotopic (exact) mass is 510 g/mol. The molecule has 5 rings (SSSR count). The van der Waals surface area contributed by atoms with Crippen molar-refractivity contribution in [3.05, 3.63) is 108 Å². The average Bonchev–Trinajstić information content (AvgIpc) is 3.36. The van der Waals surface area contributed by atoms with E-state index in [-0.39, 0.29) is 12.1 Å². The highest BCUT2D eigenvalue weighted by Crippen LogP contribution is 2.41. The number of carbonyl (C=O) groups excluding carboxylic acids is 1. The molecule has 3 aromatic carbocycles. The first-order valence-corrected chi connectivity index (χ1v) is 14.5. The molecule has 1 aliphatic heterocycles. The van der Waals surface area contributed by atoms with E-state index in [1.165, 1.54) is 56.3 Å². The van der Waals surface area contributed by atoms with E-state index in [4.69, 9.17) is 4.74 Å². The second kappa shape index (κ2) is 13.6. The van der Waals surface area contributed by atoms with Gasteiger partial charge in [-0.05, 0) is 86.1 Å². The summed E-state index contributed by atoms with van der Waals surface area (Å²) in [6.45, 7) is 3.83. The fraction of sp³-hybridized carbons (Fsp3) is 0.441. The van der Waals surface area contributed by atoms with E-state index in [1.807, 2.05) is 30.3 Å². The van der Waals surface area contributed by atoms with E-state index < -0.39 is 0 Å². The van der Waals surface area contributed by atoms with Gasteiger partial charge in [0, 0.05) is 12.6 Å². The largest absolute Gasteiger partial charge is 0.445 e. The predicted molar refractivity (Wildman–Crippen MR) is 154 cm³/mol. The number of alkyl carbamates (subject to hydrolysis) is 1. The number of nitrogens with zero attached hydrogens (tertiary/aromatic N) is 1. The lowest BCUT2D eigenvalue weighted by molar-refractivity contribution is 0.134. The molecule has 0 bridgehead atoms. The fourth-order valence-electron chi connectivity index (χ4n) is 6.51. The standard InChI is InChI=1S/C34H42N2O2/c37-34(38-26-29-13-6-2-7-14-29)35-32-23-31(33(24-32)30-17-8-3-9-18-30)25-36-21-19-28(20-22-36)16-10-15-27-11-4-1-5-12-27/h1-9,11-14,17-18,28,31-33H,10,15-16,19-26H2,(H,35,37). The Balaban J connectivity index is 1.10. The topological polar surface area (TPSA) is 41.6 Å². The van der Waals surface area contributed by atoms with Crippen LogP contribution in [0.1, 0.15) is 61.1 Å². The Bertz CT molecular complexity index is 1100. The van der Waals surface area contributed by atoms with Gasteiger partial charge < -0.3 is 15.0 Å². The van der Waals surface area contributed by atoms with Crippen molar-refractivity contribution in [2.45, 2.75) is 63.5 Å². The summed E-state index contributed by atoms with van der Waals surface area (Å²) in [6, 6.07) is 31.8. The molecule has 1 heterocycles. The van der Waals surface area contributed by atoms with Crippen LogP contribution in [0.15, 0.2) is 91.0 Å². The number of amides is 1. The van der Waals surface area contributed by atoms with Gasteiger partial charge in [-0.25, -0.2) is 4.79 Å². The first kappa shape index (κ1) is 26.5. The van der Waals surface area contributed by atoms with Crippen molar-refractivity contribution in [1.82, 2.24) is 10.2 Å². The van der Waals surface area contributed by atoms with Crippen molar-refractivity contribution >= 4 is 6.09 Å². The molecule has 4 nitrogen and oxygen atoms in total. The van der Waals surface area contributed by atoms with Crippen molar-refractivity contribution in [3.63, 3.8) is 0 Å². The first-order chi connectivity index (χ1) is 18.7. The van der Waals surface area contributed by atoms with Crippen LogP contribution in [-0.2, 0) is 17.8 Å². The van der Waals surface area contributed by atoms with E-state index in [0.717, 1.165) is 30.9 Å². The van der Waals surface area contributed by atoms with Gasteiger partial charge in [0.15, 0.2) is 0 Å². The maximum Gasteiger partial charge on any atom is 0.407 e. The van der Waals surface area contributed by atoms with Gasteiger partial charge in [-0.3, -0.25) is 0 Å². The van der Waals surface area contributed by atoms with Crippen LogP contribution in [0.2, 0.25) is 0 Å². The Morgan fingerprint density at radius 2 is 1.45 bits per heavy atom. The van der Waals surface area contributed by atoms with Crippen LogP contribution in [0.25, 0.3) is 0 Å². The molecule has 1 amide bonds. The van der Waals surface area contributed by atoms with Gasteiger partial charge in [0.05, 0.1) is 0 Å². The fourth-order valence-corrected chi connectivity index (χ4v) is 6.51. The minimum atomic E-state index is -0.303. The van der Waals surface area contributed by atoms with Crippen LogP contribution in [0.4, 0.5) is 4.79 Å². The number of ether oxygens (including phenoxy) is 1. The summed E-state index contributed by atoms with van der Waals surface area (Å²) in [4.78, 5) is 15.3. The number of carbonyl (C=O) groups is 1. The van der Waals surface area contributed by atoms with Crippen LogP contribution >= 0.6 is 0 Å². The van der Waals surface area contributed by atoms with Gasteiger partial charge in [0.1, 0.15) is 6.61 Å². The molecule has 38 heavy (non-hydrogen) atoms. The van der Waals surface area contributed by atoms with Crippen LogP contribution in [0, 0.1) is 11.8 Å². The summed E-state index contributed by atoms with van der Waals surface area (Å²) in [5, 5.41) is 3.18. The number of nitrogens with one attached hydrogen (secondary N) is 1. The second-order valence-electron chi connectivity index (χ2n) is 11.3. The van der Waals surface area contributed by atoms with Crippen molar-refractivity contribution in [2.75, 3.05) is 19.6 Å². The van der Waals surface area contributed by atoms with E-state index in [9.17, 15) is 4.79 Å². The van der Waals surface area contributed by atoms with E-state index in [1.54, 1.807) is 0 Å². The molecular formula is C34H42N2O2. The molecule has 0 aromatic heterocycles. The Labute approximate surface area is 228 Å². The molecule has 3 aromatic rings. The minimum Gasteiger partial charge on any atom is -0.445 e. The Hall–Kier alpha value is -3.11. The quantitative estimate of drug-likeness (QED) is 0.313. The van der Waals surface area contributed by atoms with Gasteiger partial charge in [0.2, 0.25) is 0 Å². The zero-order valence-corrected chi connectivity index (χ0v) is 22.5. The second-order valence-corrected chi connectivity index (χ2v) is 11.3. The van der Waals surface area contributed by atoms with Gasteiger partial charge in [0.25, 0.3) is 0 Å². The molecule has 1 N–H and O–H groups in total. The smallest absolute Gasteiger partial charge is 0.407 e. The van der Waals surface area contributed by atoms with Crippen LogP contribution < -0.4 is 5.32 Å². The van der Waals surface area contributed by atoms with Gasteiger partial charge in [-0.1, -0.05) is 97.4 Å². The number of hydrogen-bond donors (Lipinski definition) is 1. The van der Waals surface area contributed by atoms with Gasteiger partial charge in [-0.15, -0.1) is 0 Å².